The fourth-order valence-corrected chi connectivity index (χ4v) is 5.19. The average molecular weight is 664 g/mol. The van der Waals surface area contributed by atoms with Crippen molar-refractivity contribution in [3.05, 3.63) is 146 Å². The minimum absolute atomic E-state index is 0. The third kappa shape index (κ3) is 4.26. The molecule has 3 heteroatoms. The summed E-state index contributed by atoms with van der Waals surface area (Å²) in [6.07, 6.45) is 1.83. The summed E-state index contributed by atoms with van der Waals surface area (Å²) in [5.41, 5.74) is 10.2. The summed E-state index contributed by atoms with van der Waals surface area (Å²) in [6.45, 7) is 0. The summed E-state index contributed by atoms with van der Waals surface area (Å²) in [5.74, 6) is 0. The second-order valence-corrected chi connectivity index (χ2v) is 9.21. The van der Waals surface area contributed by atoms with Crippen LogP contribution in [0.25, 0.3) is 61.0 Å². The number of rotatable bonds is 4. The van der Waals surface area contributed by atoms with E-state index in [1.807, 2.05) is 30.5 Å². The molecule has 0 aliphatic carbocycles. The first kappa shape index (κ1) is 24.1. The Labute approximate surface area is 235 Å². The molecule has 38 heavy (non-hydrogen) atoms. The number of pyridine rings is 1. The molecule has 0 saturated heterocycles. The Morgan fingerprint density at radius 3 is 1.66 bits per heavy atom. The number of nitrogens with zero attached hydrogens (tertiary/aromatic N) is 2. The molecular formula is C35H23IrN2-. The summed E-state index contributed by atoms with van der Waals surface area (Å²) in [5, 5.41) is 2.47. The molecule has 0 atom stereocenters. The molecule has 2 nitrogen and oxygen atoms in total. The van der Waals surface area contributed by atoms with Crippen LogP contribution in [0.5, 0.6) is 0 Å². The average Bonchev–Trinajstić information content (AvgIpc) is 3.31. The normalized spacial score (nSPS) is 10.9. The summed E-state index contributed by atoms with van der Waals surface area (Å²) >= 11 is 0. The van der Waals surface area contributed by atoms with Gasteiger partial charge in [0, 0.05) is 37.1 Å². The van der Waals surface area contributed by atoms with Gasteiger partial charge in [0.05, 0.1) is 11.0 Å². The topological polar surface area (TPSA) is 17.8 Å². The zero-order chi connectivity index (χ0) is 24.6. The Morgan fingerprint density at radius 1 is 0.526 bits per heavy atom. The fraction of sp³-hybridized carbons (Fsp3) is 0. The molecule has 2 aromatic heterocycles. The van der Waals surface area contributed by atoms with Crippen molar-refractivity contribution in [1.29, 1.82) is 0 Å². The molecule has 183 valence electrons. The van der Waals surface area contributed by atoms with Crippen molar-refractivity contribution in [3.63, 3.8) is 0 Å². The molecule has 2 heterocycles. The molecule has 7 aromatic rings. The number of hydrogen-bond donors (Lipinski definition) is 0. The minimum Gasteiger partial charge on any atom is -0.327 e. The Kier molecular flexibility index (Phi) is 6.47. The SMILES string of the molecule is [Ir].[c-]1ccc(-n2c3ccc(-c4ccccc4)cc3c3cc(-c4ccccc4)ccc32)cc1-c1ccccn1. The molecule has 0 fully saturated rings. The van der Waals surface area contributed by atoms with Gasteiger partial charge in [-0.25, -0.2) is 0 Å². The quantitative estimate of drug-likeness (QED) is 0.172. The van der Waals surface area contributed by atoms with Gasteiger partial charge < -0.3 is 9.55 Å². The van der Waals surface area contributed by atoms with E-state index >= 15 is 0 Å². The first-order chi connectivity index (χ1) is 18.3. The first-order valence-electron chi connectivity index (χ1n) is 12.5. The van der Waals surface area contributed by atoms with E-state index in [-0.39, 0.29) is 20.1 Å². The molecule has 0 spiro atoms. The van der Waals surface area contributed by atoms with Crippen molar-refractivity contribution in [2.75, 3.05) is 0 Å². The molecule has 5 aromatic carbocycles. The van der Waals surface area contributed by atoms with E-state index in [1.165, 1.54) is 44.1 Å². The van der Waals surface area contributed by atoms with Crippen molar-refractivity contribution in [1.82, 2.24) is 9.55 Å². The van der Waals surface area contributed by atoms with Crippen LogP contribution in [-0.4, -0.2) is 9.55 Å². The maximum absolute atomic E-state index is 4.55. The van der Waals surface area contributed by atoms with Gasteiger partial charge in [0.1, 0.15) is 0 Å². The van der Waals surface area contributed by atoms with Gasteiger partial charge in [-0.15, -0.1) is 29.8 Å². The number of hydrogen-bond acceptors (Lipinski definition) is 1. The first-order valence-corrected chi connectivity index (χ1v) is 12.5. The molecule has 0 aliphatic heterocycles. The van der Waals surface area contributed by atoms with Crippen LogP contribution < -0.4 is 0 Å². The second kappa shape index (κ2) is 10.2. The van der Waals surface area contributed by atoms with Crippen molar-refractivity contribution in [3.8, 4) is 39.2 Å². The van der Waals surface area contributed by atoms with Gasteiger partial charge in [0.15, 0.2) is 0 Å². The van der Waals surface area contributed by atoms with Crippen LogP contribution in [0.2, 0.25) is 0 Å². The van der Waals surface area contributed by atoms with Crippen LogP contribution in [0.4, 0.5) is 0 Å². The van der Waals surface area contributed by atoms with Crippen LogP contribution >= 0.6 is 0 Å². The molecule has 0 N–H and O–H groups in total. The predicted octanol–water partition coefficient (Wildman–Crippen LogP) is 8.98. The van der Waals surface area contributed by atoms with Gasteiger partial charge in [-0.05, 0) is 64.0 Å². The van der Waals surface area contributed by atoms with Crippen LogP contribution in [0, 0.1) is 6.07 Å². The molecule has 0 amide bonds. The van der Waals surface area contributed by atoms with Gasteiger partial charge in [0.25, 0.3) is 0 Å². The maximum Gasteiger partial charge on any atom is 0.0524 e. The third-order valence-electron chi connectivity index (χ3n) is 6.96. The smallest absolute Gasteiger partial charge is 0.0524 e. The van der Waals surface area contributed by atoms with Gasteiger partial charge in [-0.2, -0.15) is 0 Å². The molecule has 1 radical (unpaired) electrons. The second-order valence-electron chi connectivity index (χ2n) is 9.21. The third-order valence-corrected chi connectivity index (χ3v) is 6.96. The summed E-state index contributed by atoms with van der Waals surface area (Å²) in [6, 6.07) is 50.4. The maximum atomic E-state index is 4.55. The number of benzene rings is 5. The van der Waals surface area contributed by atoms with Crippen LogP contribution in [0.15, 0.2) is 140 Å². The van der Waals surface area contributed by atoms with Crippen molar-refractivity contribution in [2.45, 2.75) is 0 Å². The summed E-state index contributed by atoms with van der Waals surface area (Å²) < 4.78 is 2.36. The van der Waals surface area contributed by atoms with Crippen LogP contribution in [0.1, 0.15) is 0 Å². The van der Waals surface area contributed by atoms with Crippen molar-refractivity contribution >= 4 is 21.8 Å². The molecule has 0 saturated carbocycles. The summed E-state index contributed by atoms with van der Waals surface area (Å²) in [4.78, 5) is 4.55. The molecule has 0 bridgehead atoms. The van der Waals surface area contributed by atoms with Gasteiger partial charge in [0.2, 0.25) is 0 Å². The number of aromatic nitrogens is 2. The van der Waals surface area contributed by atoms with Gasteiger partial charge in [-0.3, -0.25) is 0 Å². The van der Waals surface area contributed by atoms with Crippen molar-refractivity contribution < 1.29 is 20.1 Å². The molecule has 0 unspecified atom stereocenters. The Hall–Kier alpha value is -4.30. The van der Waals surface area contributed by atoms with E-state index in [9.17, 15) is 0 Å². The predicted molar refractivity (Wildman–Crippen MR) is 154 cm³/mol. The summed E-state index contributed by atoms with van der Waals surface area (Å²) in [7, 11) is 0. The van der Waals surface area contributed by atoms with Crippen molar-refractivity contribution in [2.24, 2.45) is 0 Å². The number of fused-ring (bicyclic) bond motifs is 3. The zero-order valence-corrected chi connectivity index (χ0v) is 22.9. The largest absolute Gasteiger partial charge is 0.327 e. The standard InChI is InChI=1S/C35H23N2.Ir/c1-3-10-25(11-4-1)27-17-19-34-31(23-27)32-24-28(26-12-5-2-6-13-26)18-20-35(32)37(34)30-15-9-14-29(22-30)33-16-7-8-21-36-33;/h1-13,15-24H;/q-1;. The Balaban J connectivity index is 0.00000264. The van der Waals surface area contributed by atoms with E-state index in [1.54, 1.807) is 0 Å². The van der Waals surface area contributed by atoms with Gasteiger partial charge in [-0.1, -0.05) is 84.9 Å². The zero-order valence-electron chi connectivity index (χ0n) is 20.5. The van der Waals surface area contributed by atoms with Gasteiger partial charge >= 0.3 is 0 Å². The molecule has 7 rings (SSSR count). The monoisotopic (exact) mass is 664 g/mol. The minimum atomic E-state index is 0. The van der Waals surface area contributed by atoms with Crippen LogP contribution in [0.3, 0.4) is 0 Å². The van der Waals surface area contributed by atoms with E-state index in [4.69, 9.17) is 0 Å². The van der Waals surface area contributed by atoms with E-state index in [2.05, 4.69) is 125 Å². The fourth-order valence-electron chi connectivity index (χ4n) is 5.19. The van der Waals surface area contributed by atoms with E-state index in [0.717, 1.165) is 16.9 Å². The van der Waals surface area contributed by atoms with Crippen LogP contribution in [-0.2, 0) is 20.1 Å². The Bertz CT molecular complexity index is 1760. The van der Waals surface area contributed by atoms with E-state index < -0.39 is 0 Å². The molecular weight excluding hydrogens is 641 g/mol. The molecule has 0 aliphatic rings. The van der Waals surface area contributed by atoms with E-state index in [0.29, 0.717) is 0 Å². The Morgan fingerprint density at radius 2 is 1.11 bits per heavy atom.